The van der Waals surface area contributed by atoms with E-state index in [-0.39, 0.29) is 11.2 Å². The first-order valence-electron chi connectivity index (χ1n) is 6.15. The summed E-state index contributed by atoms with van der Waals surface area (Å²) in [6.07, 6.45) is 4.14. The molecule has 1 N–H and O–H groups in total. The van der Waals surface area contributed by atoms with E-state index in [1.807, 2.05) is 12.1 Å². The first-order chi connectivity index (χ1) is 9.16. The minimum atomic E-state index is -0.497. The number of rotatable bonds is 2. The lowest BCUT2D eigenvalue weighted by Gasteiger charge is -2.07. The maximum atomic E-state index is 11.9. The van der Waals surface area contributed by atoms with Crippen LogP contribution in [0, 0.1) is 10.1 Å². The monoisotopic (exact) mass is 256 g/mol. The van der Waals surface area contributed by atoms with Crippen molar-refractivity contribution in [2.24, 2.45) is 0 Å². The summed E-state index contributed by atoms with van der Waals surface area (Å²) in [7, 11) is 0. The Morgan fingerprint density at radius 3 is 2.84 bits per heavy atom. The fourth-order valence-corrected chi connectivity index (χ4v) is 2.65. The van der Waals surface area contributed by atoms with Crippen LogP contribution in [-0.2, 0) is 12.8 Å². The van der Waals surface area contributed by atoms with Crippen LogP contribution < -0.4 is 5.56 Å². The smallest absolute Gasteiger partial charge is 0.286 e. The molecule has 1 aliphatic rings. The molecule has 0 spiro atoms. The fraction of sp³-hybridized carbons (Fsp3) is 0.214. The number of hydrogen-bond donors (Lipinski definition) is 1. The molecule has 0 saturated heterocycles. The Morgan fingerprint density at radius 1 is 1.21 bits per heavy atom. The molecule has 0 fully saturated rings. The van der Waals surface area contributed by atoms with E-state index in [1.165, 1.54) is 11.6 Å². The van der Waals surface area contributed by atoms with Crippen LogP contribution in [0.5, 0.6) is 0 Å². The molecule has 0 saturated carbocycles. The summed E-state index contributed by atoms with van der Waals surface area (Å²) in [6.45, 7) is 0. The molecule has 0 bridgehead atoms. The van der Waals surface area contributed by atoms with Crippen molar-refractivity contribution in [1.29, 1.82) is 0 Å². The Labute approximate surface area is 109 Å². The fourth-order valence-electron chi connectivity index (χ4n) is 2.65. The zero-order chi connectivity index (χ0) is 13.4. The van der Waals surface area contributed by atoms with Crippen molar-refractivity contribution in [2.75, 3.05) is 0 Å². The average Bonchev–Trinajstić information content (AvgIpc) is 2.87. The number of H-pyrrole nitrogens is 1. The van der Waals surface area contributed by atoms with Crippen LogP contribution in [0.1, 0.15) is 17.5 Å². The molecule has 0 radical (unpaired) electrons. The summed E-state index contributed by atoms with van der Waals surface area (Å²) in [6, 6.07) is 7.17. The van der Waals surface area contributed by atoms with Gasteiger partial charge in [0.25, 0.3) is 11.2 Å². The SMILES string of the molecule is O=c1[nH]cc([N+](=O)[O-])cc1-c1cccc2c1CCC2. The average molecular weight is 256 g/mol. The summed E-state index contributed by atoms with van der Waals surface area (Å²) in [4.78, 5) is 24.7. The molecule has 3 rings (SSSR count). The first-order valence-corrected chi connectivity index (χ1v) is 6.15. The molecule has 0 unspecified atom stereocenters. The van der Waals surface area contributed by atoms with Crippen molar-refractivity contribution in [2.45, 2.75) is 19.3 Å². The van der Waals surface area contributed by atoms with Gasteiger partial charge in [-0.2, -0.15) is 0 Å². The zero-order valence-electron chi connectivity index (χ0n) is 10.2. The molecule has 5 heteroatoms. The summed E-state index contributed by atoms with van der Waals surface area (Å²) >= 11 is 0. The van der Waals surface area contributed by atoms with Crippen LogP contribution in [0.2, 0.25) is 0 Å². The second-order valence-corrected chi connectivity index (χ2v) is 4.65. The maximum absolute atomic E-state index is 11.9. The molecule has 1 heterocycles. The number of hydrogen-bond acceptors (Lipinski definition) is 3. The van der Waals surface area contributed by atoms with E-state index in [0.29, 0.717) is 5.56 Å². The van der Waals surface area contributed by atoms with Crippen LogP contribution in [0.15, 0.2) is 35.3 Å². The standard InChI is InChI=1S/C14H12N2O3/c17-14-13(7-10(8-15-14)16(18)19)12-6-2-4-9-3-1-5-11(9)12/h2,4,6-8H,1,3,5H2,(H,15,17). The van der Waals surface area contributed by atoms with Crippen molar-refractivity contribution in [3.05, 3.63) is 62.1 Å². The lowest BCUT2D eigenvalue weighted by Crippen LogP contribution is -2.10. The van der Waals surface area contributed by atoms with E-state index in [4.69, 9.17) is 0 Å². The highest BCUT2D eigenvalue weighted by atomic mass is 16.6. The Hall–Kier alpha value is -2.43. The molecule has 1 aliphatic carbocycles. The van der Waals surface area contributed by atoms with Gasteiger partial charge in [-0.05, 0) is 36.0 Å². The van der Waals surface area contributed by atoms with Crippen LogP contribution >= 0.6 is 0 Å². The third-order valence-electron chi connectivity index (χ3n) is 3.53. The van der Waals surface area contributed by atoms with Gasteiger partial charge in [0, 0.05) is 6.07 Å². The number of fused-ring (bicyclic) bond motifs is 1. The van der Waals surface area contributed by atoms with Crippen molar-refractivity contribution in [3.63, 3.8) is 0 Å². The Bertz CT molecular complexity index is 719. The van der Waals surface area contributed by atoms with Gasteiger partial charge in [0.1, 0.15) is 0 Å². The highest BCUT2D eigenvalue weighted by molar-refractivity contribution is 5.70. The van der Waals surface area contributed by atoms with Gasteiger partial charge >= 0.3 is 0 Å². The molecule has 96 valence electrons. The molecule has 0 aliphatic heterocycles. The van der Waals surface area contributed by atoms with Crippen molar-refractivity contribution in [1.82, 2.24) is 4.98 Å². The van der Waals surface area contributed by atoms with Crippen LogP contribution in [0.4, 0.5) is 5.69 Å². The number of nitro groups is 1. The van der Waals surface area contributed by atoms with Crippen molar-refractivity contribution < 1.29 is 4.92 Å². The number of benzene rings is 1. The first kappa shape index (κ1) is 11.6. The molecular formula is C14H12N2O3. The third-order valence-corrected chi connectivity index (χ3v) is 3.53. The Kier molecular flexibility index (Phi) is 2.67. The summed E-state index contributed by atoms with van der Waals surface area (Å²) in [5.41, 5.74) is 3.21. The van der Waals surface area contributed by atoms with Gasteiger partial charge in [-0.25, -0.2) is 0 Å². The van der Waals surface area contributed by atoms with Gasteiger partial charge in [0.2, 0.25) is 0 Å². The van der Waals surface area contributed by atoms with Crippen LogP contribution in [0.3, 0.4) is 0 Å². The number of aromatic amines is 1. The number of nitrogens with zero attached hydrogens (tertiary/aromatic N) is 1. The number of nitrogens with one attached hydrogen (secondary N) is 1. The largest absolute Gasteiger partial charge is 0.322 e. The van der Waals surface area contributed by atoms with Gasteiger partial charge in [-0.3, -0.25) is 14.9 Å². The van der Waals surface area contributed by atoms with E-state index in [1.54, 1.807) is 0 Å². The minimum Gasteiger partial charge on any atom is -0.322 e. The zero-order valence-corrected chi connectivity index (χ0v) is 10.2. The Morgan fingerprint density at radius 2 is 2.05 bits per heavy atom. The normalized spacial score (nSPS) is 13.3. The number of pyridine rings is 1. The molecule has 19 heavy (non-hydrogen) atoms. The molecule has 1 aromatic carbocycles. The van der Waals surface area contributed by atoms with E-state index >= 15 is 0 Å². The topological polar surface area (TPSA) is 76.0 Å². The summed E-state index contributed by atoms with van der Waals surface area (Å²) < 4.78 is 0. The molecule has 5 nitrogen and oxygen atoms in total. The predicted molar refractivity (Wildman–Crippen MR) is 71.2 cm³/mol. The van der Waals surface area contributed by atoms with Gasteiger partial charge in [0.05, 0.1) is 16.7 Å². The van der Waals surface area contributed by atoms with E-state index in [2.05, 4.69) is 11.1 Å². The summed E-state index contributed by atoms with van der Waals surface area (Å²) in [5, 5.41) is 10.8. The van der Waals surface area contributed by atoms with E-state index in [9.17, 15) is 14.9 Å². The molecule has 0 atom stereocenters. The quantitative estimate of drug-likeness (QED) is 0.662. The van der Waals surface area contributed by atoms with Gasteiger partial charge in [-0.1, -0.05) is 18.2 Å². The minimum absolute atomic E-state index is 0.0924. The lowest BCUT2D eigenvalue weighted by molar-refractivity contribution is -0.385. The Balaban J connectivity index is 2.23. The summed E-state index contributed by atoms with van der Waals surface area (Å²) in [5.74, 6) is 0. The second kappa shape index (κ2) is 4.35. The molecular weight excluding hydrogens is 244 g/mol. The van der Waals surface area contributed by atoms with Gasteiger partial charge in [0.15, 0.2) is 0 Å². The van der Waals surface area contributed by atoms with E-state index in [0.717, 1.165) is 36.6 Å². The lowest BCUT2D eigenvalue weighted by atomic mass is 9.98. The van der Waals surface area contributed by atoms with E-state index < -0.39 is 4.92 Å². The molecule has 1 aromatic heterocycles. The highest BCUT2D eigenvalue weighted by Crippen LogP contribution is 2.31. The molecule has 0 amide bonds. The van der Waals surface area contributed by atoms with Crippen molar-refractivity contribution >= 4 is 5.69 Å². The second-order valence-electron chi connectivity index (χ2n) is 4.65. The third kappa shape index (κ3) is 1.93. The maximum Gasteiger partial charge on any atom is 0.286 e. The van der Waals surface area contributed by atoms with Crippen LogP contribution in [-0.4, -0.2) is 9.91 Å². The van der Waals surface area contributed by atoms with Crippen LogP contribution in [0.25, 0.3) is 11.1 Å². The highest BCUT2D eigenvalue weighted by Gasteiger charge is 2.18. The number of aryl methyl sites for hydroxylation is 1. The molecule has 2 aromatic rings. The van der Waals surface area contributed by atoms with Gasteiger partial charge < -0.3 is 4.98 Å². The number of aromatic nitrogens is 1. The predicted octanol–water partition coefficient (Wildman–Crippen LogP) is 2.44. The van der Waals surface area contributed by atoms with Crippen molar-refractivity contribution in [3.8, 4) is 11.1 Å². The van der Waals surface area contributed by atoms with Gasteiger partial charge in [-0.15, -0.1) is 0 Å².